The van der Waals surface area contributed by atoms with Gasteiger partial charge in [-0.05, 0) is 49.9 Å². The average Bonchev–Trinajstić information content (AvgIpc) is 2.60. The number of halogens is 2. The highest BCUT2D eigenvalue weighted by Crippen LogP contribution is 2.27. The van der Waals surface area contributed by atoms with Crippen LogP contribution in [0.1, 0.15) is 44.6 Å². The molecule has 100 valence electrons. The van der Waals surface area contributed by atoms with Crippen molar-refractivity contribution in [2.75, 3.05) is 6.54 Å². The standard InChI is InChI=1S/C15H21F2N/c1-2-15(8-4-3-5-9-18-15)11-12-6-7-13(16)14(17)10-12/h6-7,10,18H,2-5,8-9,11H2,1H3. The molecule has 0 radical (unpaired) electrons. The Kier molecular flexibility index (Phi) is 4.33. The first-order valence-electron chi connectivity index (χ1n) is 6.84. The van der Waals surface area contributed by atoms with Gasteiger partial charge in [0.15, 0.2) is 11.6 Å². The molecule has 3 heteroatoms. The van der Waals surface area contributed by atoms with Crippen molar-refractivity contribution in [3.05, 3.63) is 35.4 Å². The molecule has 0 spiro atoms. The summed E-state index contributed by atoms with van der Waals surface area (Å²) in [7, 11) is 0. The van der Waals surface area contributed by atoms with Crippen LogP contribution in [0.4, 0.5) is 8.78 Å². The van der Waals surface area contributed by atoms with Crippen molar-refractivity contribution in [1.29, 1.82) is 0 Å². The van der Waals surface area contributed by atoms with Gasteiger partial charge in [0, 0.05) is 5.54 Å². The van der Waals surface area contributed by atoms with Crippen molar-refractivity contribution in [3.63, 3.8) is 0 Å². The molecule has 1 aromatic carbocycles. The summed E-state index contributed by atoms with van der Waals surface area (Å²) < 4.78 is 26.2. The summed E-state index contributed by atoms with van der Waals surface area (Å²) in [5, 5.41) is 3.61. The molecule has 1 aromatic rings. The smallest absolute Gasteiger partial charge is 0.159 e. The van der Waals surface area contributed by atoms with Crippen LogP contribution in [-0.4, -0.2) is 12.1 Å². The van der Waals surface area contributed by atoms with Crippen molar-refractivity contribution in [2.45, 2.75) is 51.0 Å². The van der Waals surface area contributed by atoms with Gasteiger partial charge in [-0.1, -0.05) is 25.8 Å². The molecule has 1 nitrogen and oxygen atoms in total. The van der Waals surface area contributed by atoms with Crippen molar-refractivity contribution in [2.24, 2.45) is 0 Å². The molecule has 1 heterocycles. The summed E-state index contributed by atoms with van der Waals surface area (Å²) in [6, 6.07) is 4.26. The molecule has 18 heavy (non-hydrogen) atoms. The lowest BCUT2D eigenvalue weighted by atomic mass is 9.84. The summed E-state index contributed by atoms with van der Waals surface area (Å²) in [5.74, 6) is -1.51. The highest BCUT2D eigenvalue weighted by Gasteiger charge is 2.28. The fraction of sp³-hybridized carbons (Fsp3) is 0.600. The summed E-state index contributed by atoms with van der Waals surface area (Å²) in [6.07, 6.45) is 6.59. The van der Waals surface area contributed by atoms with Crippen LogP contribution in [0.25, 0.3) is 0 Å². The highest BCUT2D eigenvalue weighted by molar-refractivity contribution is 5.20. The Morgan fingerprint density at radius 3 is 2.72 bits per heavy atom. The molecule has 1 fully saturated rings. The minimum absolute atomic E-state index is 0.0563. The maximum atomic E-state index is 13.2. The van der Waals surface area contributed by atoms with E-state index in [0.717, 1.165) is 31.4 Å². The Morgan fingerprint density at radius 2 is 2.00 bits per heavy atom. The number of benzene rings is 1. The Bertz CT molecular complexity index is 395. The van der Waals surface area contributed by atoms with Gasteiger partial charge in [0.05, 0.1) is 0 Å². The fourth-order valence-corrected chi connectivity index (χ4v) is 2.83. The second-order valence-corrected chi connectivity index (χ2v) is 5.30. The van der Waals surface area contributed by atoms with Crippen LogP contribution in [-0.2, 0) is 6.42 Å². The molecule has 1 aliphatic rings. The normalized spacial score (nSPS) is 24.8. The first-order chi connectivity index (χ1) is 8.65. The summed E-state index contributed by atoms with van der Waals surface area (Å²) in [4.78, 5) is 0. The Balaban J connectivity index is 2.15. The van der Waals surface area contributed by atoms with Crippen LogP contribution in [0.3, 0.4) is 0 Å². The van der Waals surface area contributed by atoms with E-state index in [1.54, 1.807) is 6.07 Å². The fourth-order valence-electron chi connectivity index (χ4n) is 2.83. The Labute approximate surface area is 108 Å². The zero-order valence-electron chi connectivity index (χ0n) is 10.9. The minimum atomic E-state index is -0.766. The van der Waals surface area contributed by atoms with Gasteiger partial charge < -0.3 is 5.32 Å². The SMILES string of the molecule is CCC1(Cc2ccc(F)c(F)c2)CCCCCN1. The lowest BCUT2D eigenvalue weighted by Crippen LogP contribution is -2.46. The second-order valence-electron chi connectivity index (χ2n) is 5.30. The van der Waals surface area contributed by atoms with Gasteiger partial charge in [-0.15, -0.1) is 0 Å². The molecule has 0 amide bonds. The molecular weight excluding hydrogens is 232 g/mol. The van der Waals surface area contributed by atoms with E-state index in [-0.39, 0.29) is 5.54 Å². The lowest BCUT2D eigenvalue weighted by molar-refractivity contribution is 0.301. The summed E-state index contributed by atoms with van der Waals surface area (Å²) in [6.45, 7) is 3.19. The Hall–Kier alpha value is -0.960. The van der Waals surface area contributed by atoms with E-state index >= 15 is 0 Å². The number of hydrogen-bond acceptors (Lipinski definition) is 1. The predicted octanol–water partition coefficient (Wildman–Crippen LogP) is 3.82. The Morgan fingerprint density at radius 1 is 1.17 bits per heavy atom. The molecule has 1 N–H and O–H groups in total. The molecule has 2 rings (SSSR count). The molecule has 1 unspecified atom stereocenters. The van der Waals surface area contributed by atoms with Gasteiger partial charge in [0.1, 0.15) is 0 Å². The van der Waals surface area contributed by atoms with Crippen LogP contribution < -0.4 is 5.32 Å². The summed E-state index contributed by atoms with van der Waals surface area (Å²) in [5.41, 5.74) is 0.936. The molecule has 0 aromatic heterocycles. The lowest BCUT2D eigenvalue weighted by Gasteiger charge is -2.33. The molecule has 1 aliphatic heterocycles. The zero-order valence-corrected chi connectivity index (χ0v) is 10.9. The van der Waals surface area contributed by atoms with Crippen molar-refractivity contribution < 1.29 is 8.78 Å². The van der Waals surface area contributed by atoms with Gasteiger partial charge in [0.25, 0.3) is 0 Å². The van der Waals surface area contributed by atoms with Crippen LogP contribution in [0, 0.1) is 11.6 Å². The van der Waals surface area contributed by atoms with Gasteiger partial charge in [0.2, 0.25) is 0 Å². The number of hydrogen-bond donors (Lipinski definition) is 1. The minimum Gasteiger partial charge on any atom is -0.311 e. The molecule has 0 bridgehead atoms. The van der Waals surface area contributed by atoms with Crippen molar-refractivity contribution in [1.82, 2.24) is 5.32 Å². The van der Waals surface area contributed by atoms with Gasteiger partial charge in [-0.25, -0.2) is 8.78 Å². The van der Waals surface area contributed by atoms with E-state index in [9.17, 15) is 8.78 Å². The molecular formula is C15H21F2N. The quantitative estimate of drug-likeness (QED) is 0.863. The maximum Gasteiger partial charge on any atom is 0.159 e. The molecule has 0 saturated carbocycles. The molecule has 1 atom stereocenters. The van der Waals surface area contributed by atoms with E-state index in [2.05, 4.69) is 12.2 Å². The van der Waals surface area contributed by atoms with E-state index in [4.69, 9.17) is 0 Å². The first-order valence-corrected chi connectivity index (χ1v) is 6.84. The topological polar surface area (TPSA) is 12.0 Å². The van der Waals surface area contributed by atoms with Gasteiger partial charge in [-0.3, -0.25) is 0 Å². The first kappa shape index (κ1) is 13.5. The largest absolute Gasteiger partial charge is 0.311 e. The van der Waals surface area contributed by atoms with E-state index in [1.807, 2.05) is 0 Å². The van der Waals surface area contributed by atoms with Crippen LogP contribution in [0.2, 0.25) is 0 Å². The zero-order chi connectivity index (χ0) is 13.0. The van der Waals surface area contributed by atoms with E-state index in [1.165, 1.54) is 31.4 Å². The second kappa shape index (κ2) is 5.79. The maximum absolute atomic E-state index is 13.2. The van der Waals surface area contributed by atoms with E-state index < -0.39 is 11.6 Å². The van der Waals surface area contributed by atoms with Crippen LogP contribution in [0.5, 0.6) is 0 Å². The average molecular weight is 253 g/mol. The van der Waals surface area contributed by atoms with Crippen molar-refractivity contribution in [3.8, 4) is 0 Å². The molecule has 0 aliphatic carbocycles. The van der Waals surface area contributed by atoms with Crippen LogP contribution >= 0.6 is 0 Å². The van der Waals surface area contributed by atoms with E-state index in [0.29, 0.717) is 0 Å². The van der Waals surface area contributed by atoms with Crippen molar-refractivity contribution >= 4 is 0 Å². The predicted molar refractivity (Wildman–Crippen MR) is 69.6 cm³/mol. The number of rotatable bonds is 3. The molecule has 1 saturated heterocycles. The highest BCUT2D eigenvalue weighted by atomic mass is 19.2. The van der Waals surface area contributed by atoms with Gasteiger partial charge in [-0.2, -0.15) is 0 Å². The summed E-state index contributed by atoms with van der Waals surface area (Å²) >= 11 is 0. The van der Waals surface area contributed by atoms with Gasteiger partial charge >= 0.3 is 0 Å². The van der Waals surface area contributed by atoms with Crippen LogP contribution in [0.15, 0.2) is 18.2 Å². The third kappa shape index (κ3) is 3.08. The monoisotopic (exact) mass is 253 g/mol. The number of nitrogens with one attached hydrogen (secondary N) is 1. The third-order valence-corrected chi connectivity index (χ3v) is 4.04. The third-order valence-electron chi connectivity index (χ3n) is 4.04.